The number of hydrogen-bond acceptors (Lipinski definition) is 9. The van der Waals surface area contributed by atoms with E-state index in [9.17, 15) is 28.2 Å². The van der Waals surface area contributed by atoms with Crippen LogP contribution in [0, 0.1) is 0 Å². The van der Waals surface area contributed by atoms with Gasteiger partial charge in [-0.25, -0.2) is 17.9 Å². The number of unbranched alkanes of at least 4 members (excludes halogenated alkanes) is 2. The number of phenolic OH excluding ortho intramolecular Hbond substituents is 1. The number of hydrogen-bond donors (Lipinski definition) is 6. The lowest BCUT2D eigenvalue weighted by atomic mass is 10.0. The Kier molecular flexibility index (Phi) is 12.8. The number of ether oxygens (including phenoxy) is 1. The minimum Gasteiger partial charge on any atom is -0.506 e. The number of aromatic hydroxyl groups is 1. The van der Waals surface area contributed by atoms with Gasteiger partial charge in [-0.2, -0.15) is 0 Å². The van der Waals surface area contributed by atoms with Crippen LogP contribution >= 0.6 is 0 Å². The van der Waals surface area contributed by atoms with E-state index in [1.807, 2.05) is 54.6 Å². The van der Waals surface area contributed by atoms with Crippen LogP contribution in [0.2, 0.25) is 0 Å². The second-order valence-corrected chi connectivity index (χ2v) is 14.2. The second-order valence-electron chi connectivity index (χ2n) is 12.3. The molecule has 262 valence electrons. The molecule has 49 heavy (non-hydrogen) atoms. The number of fused-ring (bicyclic) bond motifs is 1. The monoisotopic (exact) mass is 691 g/mol. The number of piperidine rings is 1. The van der Waals surface area contributed by atoms with Crippen molar-refractivity contribution in [2.75, 3.05) is 50.3 Å². The Bertz CT molecular complexity index is 1840. The number of phenols is 1. The third-order valence-corrected chi connectivity index (χ3v) is 10.1. The molecule has 4 aromatic rings. The highest BCUT2D eigenvalue weighted by Crippen LogP contribution is 2.29. The zero-order valence-corrected chi connectivity index (χ0v) is 28.3. The van der Waals surface area contributed by atoms with Gasteiger partial charge >= 0.3 is 6.09 Å². The zero-order valence-electron chi connectivity index (χ0n) is 27.4. The van der Waals surface area contributed by atoms with Gasteiger partial charge in [-0.3, -0.25) is 10.1 Å². The van der Waals surface area contributed by atoms with Gasteiger partial charge in [0.2, 0.25) is 15.6 Å². The van der Waals surface area contributed by atoms with E-state index in [0.29, 0.717) is 80.7 Å². The summed E-state index contributed by atoms with van der Waals surface area (Å²) >= 11 is 0. The fourth-order valence-corrected chi connectivity index (χ4v) is 7.10. The van der Waals surface area contributed by atoms with Crippen molar-refractivity contribution in [3.8, 4) is 16.9 Å². The molecule has 0 saturated carbocycles. The zero-order chi connectivity index (χ0) is 34.6. The molecule has 1 fully saturated rings. The van der Waals surface area contributed by atoms with Gasteiger partial charge in [0.15, 0.2) is 0 Å². The average Bonchev–Trinajstić information content (AvgIpc) is 3.10. The summed E-state index contributed by atoms with van der Waals surface area (Å²) in [6, 6.07) is 23.5. The Morgan fingerprint density at radius 3 is 2.47 bits per heavy atom. The number of nitrogens with one attached hydrogen (secondary N) is 4. The van der Waals surface area contributed by atoms with Crippen molar-refractivity contribution in [1.29, 1.82) is 0 Å². The number of carbonyl (C=O) groups excluding carboxylic acids is 1. The van der Waals surface area contributed by atoms with Crippen LogP contribution in [0.3, 0.4) is 0 Å². The summed E-state index contributed by atoms with van der Waals surface area (Å²) in [6.45, 7) is 3.03. The molecule has 2 heterocycles. The third kappa shape index (κ3) is 10.6. The van der Waals surface area contributed by atoms with Gasteiger partial charge in [-0.05, 0) is 61.6 Å². The molecule has 1 amide bonds. The number of amides is 1. The molecule has 1 aromatic heterocycles. The molecule has 0 aliphatic carbocycles. The maximum atomic E-state index is 12.7. The molecule has 3 aromatic carbocycles. The molecule has 13 heteroatoms. The van der Waals surface area contributed by atoms with Crippen molar-refractivity contribution < 1.29 is 28.2 Å². The topological polar surface area (TPSA) is 173 Å². The Morgan fingerprint density at radius 1 is 0.939 bits per heavy atom. The van der Waals surface area contributed by atoms with Crippen LogP contribution < -0.4 is 20.9 Å². The number of aliphatic hydroxyl groups excluding tert-OH is 1. The third-order valence-electron chi connectivity index (χ3n) is 8.69. The molecule has 0 bridgehead atoms. The standard InChI is InChI=1S/C36H45N5O7S/c42-32-15-13-29(30-14-16-34(44)40-35(30)32)33(43)25-37-19-7-2-8-20-38-49(46,47)24-23-41-21-17-27(18-22-41)48-36(45)39-31-12-6-5-11-28(31)26-9-3-1-4-10-26/h1,3-6,9-16,27,33,37-38,42-43H,2,7-8,17-25H2,(H,39,45)(H,40,44)/t33-/m1/s1. The Balaban J connectivity index is 0.923. The van der Waals surface area contributed by atoms with Gasteiger partial charge in [-0.15, -0.1) is 0 Å². The van der Waals surface area contributed by atoms with E-state index in [2.05, 4.69) is 25.2 Å². The largest absolute Gasteiger partial charge is 0.506 e. The van der Waals surface area contributed by atoms with Crippen molar-refractivity contribution >= 4 is 32.7 Å². The Morgan fingerprint density at radius 2 is 1.67 bits per heavy atom. The summed E-state index contributed by atoms with van der Waals surface area (Å²) in [5, 5.41) is 27.4. The predicted octanol–water partition coefficient (Wildman–Crippen LogP) is 4.33. The number of aromatic amines is 1. The highest BCUT2D eigenvalue weighted by molar-refractivity contribution is 7.89. The van der Waals surface area contributed by atoms with Crippen LogP contribution in [0.25, 0.3) is 22.0 Å². The fourth-order valence-electron chi connectivity index (χ4n) is 6.00. The summed E-state index contributed by atoms with van der Waals surface area (Å²) in [7, 11) is -3.41. The van der Waals surface area contributed by atoms with Gasteiger partial charge < -0.3 is 30.2 Å². The predicted molar refractivity (Wildman–Crippen MR) is 191 cm³/mol. The fraction of sp³-hybridized carbons (Fsp3) is 0.389. The van der Waals surface area contributed by atoms with Gasteiger partial charge in [0.05, 0.1) is 23.1 Å². The number of likely N-dealkylation sites (tertiary alicyclic amines) is 1. The first kappa shape index (κ1) is 36.0. The molecule has 1 aliphatic rings. The lowest BCUT2D eigenvalue weighted by Gasteiger charge is -2.31. The maximum Gasteiger partial charge on any atom is 0.411 e. The van der Waals surface area contributed by atoms with Crippen LogP contribution in [0.5, 0.6) is 5.75 Å². The van der Waals surface area contributed by atoms with Crippen molar-refractivity contribution in [2.45, 2.75) is 44.3 Å². The number of pyridine rings is 1. The number of carbonyl (C=O) groups is 1. The summed E-state index contributed by atoms with van der Waals surface area (Å²) in [5.74, 6) is -0.0446. The average molecular weight is 692 g/mol. The van der Waals surface area contributed by atoms with E-state index in [4.69, 9.17) is 4.74 Å². The first-order chi connectivity index (χ1) is 23.7. The first-order valence-corrected chi connectivity index (χ1v) is 18.4. The number of aliphatic hydroxyl groups is 1. The SMILES string of the molecule is O=C(Nc1ccccc1-c1ccccc1)OC1CCN(CCS(=O)(=O)NCCCCCNC[C@@H](O)c2ccc(O)c3[nH]c(=O)ccc23)CC1. The smallest absolute Gasteiger partial charge is 0.411 e. The second kappa shape index (κ2) is 17.4. The minimum atomic E-state index is -3.41. The summed E-state index contributed by atoms with van der Waals surface area (Å²) in [6.07, 6.45) is 2.04. The van der Waals surface area contributed by atoms with Gasteiger partial charge in [0, 0.05) is 49.7 Å². The minimum absolute atomic E-state index is 0.00849. The van der Waals surface area contributed by atoms with E-state index in [1.54, 1.807) is 12.1 Å². The van der Waals surface area contributed by atoms with Crippen LogP contribution in [-0.2, 0) is 14.8 Å². The molecule has 5 rings (SSSR count). The molecule has 0 spiro atoms. The summed E-state index contributed by atoms with van der Waals surface area (Å²) in [4.78, 5) is 29.0. The molecule has 1 aliphatic heterocycles. The number of para-hydroxylation sites is 1. The van der Waals surface area contributed by atoms with E-state index < -0.39 is 22.2 Å². The van der Waals surface area contributed by atoms with Crippen LogP contribution in [-0.4, -0.2) is 85.7 Å². The number of aromatic nitrogens is 1. The number of benzene rings is 3. The highest BCUT2D eigenvalue weighted by Gasteiger charge is 2.24. The summed E-state index contributed by atoms with van der Waals surface area (Å²) in [5.41, 5.74) is 3.17. The van der Waals surface area contributed by atoms with Crippen molar-refractivity contribution in [1.82, 2.24) is 19.9 Å². The van der Waals surface area contributed by atoms with Crippen LogP contribution in [0.15, 0.2) is 83.7 Å². The number of sulfonamides is 1. The normalized spacial score (nSPS) is 14.9. The molecule has 6 N–H and O–H groups in total. The summed E-state index contributed by atoms with van der Waals surface area (Å²) < 4.78 is 33.5. The number of H-pyrrole nitrogens is 1. The highest BCUT2D eigenvalue weighted by atomic mass is 32.2. The maximum absolute atomic E-state index is 12.7. The molecule has 1 saturated heterocycles. The molecular formula is C36H45N5O7S. The lowest BCUT2D eigenvalue weighted by molar-refractivity contribution is 0.0608. The first-order valence-electron chi connectivity index (χ1n) is 16.7. The van der Waals surface area contributed by atoms with E-state index >= 15 is 0 Å². The molecule has 12 nitrogen and oxygen atoms in total. The van der Waals surface area contributed by atoms with Crippen molar-refractivity contribution in [2.24, 2.45) is 0 Å². The number of rotatable bonds is 16. The number of nitrogens with zero attached hydrogens (tertiary/aromatic N) is 1. The molecule has 0 unspecified atom stereocenters. The molecular weight excluding hydrogens is 646 g/mol. The van der Waals surface area contributed by atoms with Crippen LogP contribution in [0.4, 0.5) is 10.5 Å². The lowest BCUT2D eigenvalue weighted by Crippen LogP contribution is -2.42. The number of anilines is 1. The van der Waals surface area contributed by atoms with Crippen molar-refractivity contribution in [3.63, 3.8) is 0 Å². The van der Waals surface area contributed by atoms with Crippen molar-refractivity contribution in [3.05, 3.63) is 94.8 Å². The van der Waals surface area contributed by atoms with Gasteiger partial charge in [-0.1, -0.05) is 61.0 Å². The quantitative estimate of drug-likeness (QED) is 0.0936. The molecule has 0 radical (unpaired) electrons. The van der Waals surface area contributed by atoms with E-state index in [-0.39, 0.29) is 23.2 Å². The van der Waals surface area contributed by atoms with E-state index in [1.165, 1.54) is 12.1 Å². The van der Waals surface area contributed by atoms with Crippen LogP contribution in [0.1, 0.15) is 43.8 Å². The van der Waals surface area contributed by atoms with Gasteiger partial charge in [0.1, 0.15) is 11.9 Å². The molecule has 1 atom stereocenters. The van der Waals surface area contributed by atoms with Gasteiger partial charge in [0.25, 0.3) is 0 Å². The Labute approximate surface area is 286 Å². The Hall–Kier alpha value is -4.27. The van der Waals surface area contributed by atoms with E-state index in [0.717, 1.165) is 24.0 Å².